The Labute approximate surface area is 204 Å². The molecule has 5 atom stereocenters. The number of carbonyl (C=O) groups is 4. The first-order chi connectivity index (χ1) is 16.7. The molecule has 3 fully saturated rings. The summed E-state index contributed by atoms with van der Waals surface area (Å²) in [5, 5.41) is 5.53. The molecule has 0 bridgehead atoms. The highest BCUT2D eigenvalue weighted by molar-refractivity contribution is 5.91. The van der Waals surface area contributed by atoms with Gasteiger partial charge in [-0.3, -0.25) is 14.4 Å². The summed E-state index contributed by atoms with van der Waals surface area (Å²) >= 11 is 0. The van der Waals surface area contributed by atoms with Gasteiger partial charge >= 0.3 is 0 Å². The lowest BCUT2D eigenvalue weighted by molar-refractivity contribution is -0.142. The number of nitrogens with zero attached hydrogens (tertiary/aromatic N) is 1. The van der Waals surface area contributed by atoms with E-state index in [1.165, 1.54) is 14.2 Å². The summed E-state index contributed by atoms with van der Waals surface area (Å²) in [6.45, 7) is 4.97. The van der Waals surface area contributed by atoms with Crippen molar-refractivity contribution >= 4 is 24.0 Å². The number of ether oxygens (including phenoxy) is 3. The van der Waals surface area contributed by atoms with Crippen molar-refractivity contribution in [3.63, 3.8) is 0 Å². The molecule has 1 aliphatic carbocycles. The third-order valence-corrected chi connectivity index (χ3v) is 7.71. The second-order valence-corrected chi connectivity index (χ2v) is 10.0. The summed E-state index contributed by atoms with van der Waals surface area (Å²) in [6.07, 6.45) is 1.56. The number of benzene rings is 1. The van der Waals surface area contributed by atoms with Crippen LogP contribution in [0.15, 0.2) is 18.2 Å². The van der Waals surface area contributed by atoms with Crippen LogP contribution >= 0.6 is 0 Å². The zero-order chi connectivity index (χ0) is 25.3. The summed E-state index contributed by atoms with van der Waals surface area (Å²) in [4.78, 5) is 51.5. The molecule has 190 valence electrons. The lowest BCUT2D eigenvalue weighted by atomic mass is 9.97. The molecule has 3 aliphatic rings. The lowest BCUT2D eigenvalue weighted by Gasteiger charge is -2.31. The number of methoxy groups -OCH3 is 2. The van der Waals surface area contributed by atoms with Crippen LogP contribution in [0.2, 0.25) is 0 Å². The molecule has 2 N–H and O–H groups in total. The number of carbonyl (C=O) groups excluding carboxylic acids is 4. The molecule has 0 spiro atoms. The topological polar surface area (TPSA) is 123 Å². The van der Waals surface area contributed by atoms with Crippen molar-refractivity contribution < 1.29 is 33.4 Å². The highest BCUT2D eigenvalue weighted by atomic mass is 16.5. The van der Waals surface area contributed by atoms with Gasteiger partial charge < -0.3 is 34.5 Å². The van der Waals surface area contributed by atoms with E-state index in [1.807, 2.05) is 0 Å². The largest absolute Gasteiger partial charge is 0.493 e. The maximum atomic E-state index is 13.3. The van der Waals surface area contributed by atoms with Crippen molar-refractivity contribution in [2.75, 3.05) is 33.9 Å². The Morgan fingerprint density at radius 2 is 2.00 bits per heavy atom. The van der Waals surface area contributed by atoms with Crippen molar-refractivity contribution in [3.8, 4) is 17.2 Å². The molecule has 2 unspecified atom stereocenters. The maximum absolute atomic E-state index is 13.3. The van der Waals surface area contributed by atoms with E-state index in [4.69, 9.17) is 14.2 Å². The molecule has 1 aromatic rings. The number of nitrogens with one attached hydrogen (secondary N) is 2. The predicted octanol–water partition coefficient (Wildman–Crippen LogP) is 0.776. The third kappa shape index (κ3) is 4.78. The molecule has 0 aromatic heterocycles. The van der Waals surface area contributed by atoms with Gasteiger partial charge in [0.25, 0.3) is 5.91 Å². The number of rotatable bonds is 10. The zero-order valence-electron chi connectivity index (χ0n) is 20.5. The first-order valence-corrected chi connectivity index (χ1v) is 11.9. The second-order valence-electron chi connectivity index (χ2n) is 10.0. The Morgan fingerprint density at radius 1 is 1.26 bits per heavy atom. The molecule has 4 rings (SSSR count). The van der Waals surface area contributed by atoms with Gasteiger partial charge in [-0.15, -0.1) is 0 Å². The Bertz CT molecular complexity index is 1010. The molecule has 10 nitrogen and oxygen atoms in total. The molecule has 2 saturated heterocycles. The first kappa shape index (κ1) is 24.8. The zero-order valence-corrected chi connectivity index (χ0v) is 20.5. The molecular formula is C25H33N3O7. The minimum absolute atomic E-state index is 0.00890. The van der Waals surface area contributed by atoms with Crippen LogP contribution in [0.25, 0.3) is 0 Å². The van der Waals surface area contributed by atoms with Crippen molar-refractivity contribution in [3.05, 3.63) is 18.2 Å². The van der Waals surface area contributed by atoms with E-state index >= 15 is 0 Å². The monoisotopic (exact) mass is 487 g/mol. The average molecular weight is 488 g/mol. The fourth-order valence-electron chi connectivity index (χ4n) is 5.57. The van der Waals surface area contributed by atoms with Crippen molar-refractivity contribution in [2.24, 2.45) is 23.2 Å². The van der Waals surface area contributed by atoms with Crippen molar-refractivity contribution in [2.45, 2.75) is 38.8 Å². The van der Waals surface area contributed by atoms with E-state index in [-0.39, 0.29) is 53.9 Å². The average Bonchev–Trinajstić information content (AvgIpc) is 3.21. The molecule has 3 amide bonds. The molecule has 1 saturated carbocycles. The highest BCUT2D eigenvalue weighted by Crippen LogP contribution is 2.64. The lowest BCUT2D eigenvalue weighted by Crippen LogP contribution is -2.53. The quantitative estimate of drug-likeness (QED) is 0.468. The van der Waals surface area contributed by atoms with E-state index in [0.717, 1.165) is 0 Å². The van der Waals surface area contributed by atoms with Gasteiger partial charge in [-0.2, -0.15) is 0 Å². The Balaban J connectivity index is 1.41. The first-order valence-electron chi connectivity index (χ1n) is 11.9. The van der Waals surface area contributed by atoms with Crippen LogP contribution in [0.3, 0.4) is 0 Å². The number of likely N-dealkylation sites (tertiary alicyclic amines) is 1. The maximum Gasteiger partial charge on any atom is 0.261 e. The molecule has 1 aromatic carbocycles. The summed E-state index contributed by atoms with van der Waals surface area (Å²) in [5.74, 6) is 0.620. The number of fused-ring (bicyclic) bond motifs is 1. The molecule has 2 aliphatic heterocycles. The van der Waals surface area contributed by atoms with E-state index in [1.54, 1.807) is 23.1 Å². The second kappa shape index (κ2) is 9.75. The van der Waals surface area contributed by atoms with Gasteiger partial charge in [-0.25, -0.2) is 0 Å². The van der Waals surface area contributed by atoms with Crippen LogP contribution in [0, 0.1) is 23.2 Å². The van der Waals surface area contributed by atoms with Crippen LogP contribution < -0.4 is 24.8 Å². The molecular weight excluding hydrogens is 454 g/mol. The van der Waals surface area contributed by atoms with Gasteiger partial charge in [0.1, 0.15) is 18.1 Å². The van der Waals surface area contributed by atoms with Gasteiger partial charge in [0.15, 0.2) is 18.1 Å². The smallest absolute Gasteiger partial charge is 0.261 e. The summed E-state index contributed by atoms with van der Waals surface area (Å²) < 4.78 is 16.2. The van der Waals surface area contributed by atoms with Gasteiger partial charge in [-0.1, -0.05) is 13.8 Å². The number of hydrogen-bond donors (Lipinski definition) is 2. The Morgan fingerprint density at radius 3 is 2.63 bits per heavy atom. The van der Waals surface area contributed by atoms with Crippen LogP contribution in [0.4, 0.5) is 0 Å². The minimum atomic E-state index is -0.780. The Hall–Kier alpha value is -3.30. The molecule has 2 heterocycles. The van der Waals surface area contributed by atoms with Gasteiger partial charge in [0, 0.05) is 25.1 Å². The molecule has 35 heavy (non-hydrogen) atoms. The van der Waals surface area contributed by atoms with Crippen LogP contribution in [0.5, 0.6) is 17.2 Å². The minimum Gasteiger partial charge on any atom is -0.493 e. The van der Waals surface area contributed by atoms with Crippen molar-refractivity contribution in [1.82, 2.24) is 15.5 Å². The fraction of sp³-hybridized carbons (Fsp3) is 0.600. The van der Waals surface area contributed by atoms with Crippen LogP contribution in [-0.4, -0.2) is 74.9 Å². The van der Waals surface area contributed by atoms with Crippen LogP contribution in [-0.2, 0) is 19.2 Å². The van der Waals surface area contributed by atoms with E-state index in [0.29, 0.717) is 43.0 Å². The number of amides is 3. The predicted molar refractivity (Wildman–Crippen MR) is 125 cm³/mol. The van der Waals surface area contributed by atoms with E-state index in [2.05, 4.69) is 24.5 Å². The van der Waals surface area contributed by atoms with E-state index in [9.17, 15) is 19.2 Å². The van der Waals surface area contributed by atoms with Crippen LogP contribution in [0.1, 0.15) is 26.7 Å². The standard InChI is InChI=1S/C25H33N3O7/c1-25(2)17-11-28(20(30)13-35-16-5-6-18(33-3)19(10-16)34-4)22(21(17)25)24(32)27-15(12-29)9-14-7-8-26-23(14)31/h5-6,10,12,14-15,17,21-22H,7-9,11,13H2,1-4H3,(H,26,31)(H,27,32)/t14-,15-,17?,21?,22+/m0/s1. The fourth-order valence-corrected chi connectivity index (χ4v) is 5.57. The third-order valence-electron chi connectivity index (χ3n) is 7.71. The number of piperidine rings is 1. The molecule has 10 heteroatoms. The molecule has 0 radical (unpaired) electrons. The Kier molecular flexibility index (Phi) is 6.91. The summed E-state index contributed by atoms with van der Waals surface area (Å²) in [5.41, 5.74) is -0.0645. The number of aldehydes is 1. The van der Waals surface area contributed by atoms with Crippen molar-refractivity contribution in [1.29, 1.82) is 0 Å². The highest BCUT2D eigenvalue weighted by Gasteiger charge is 2.69. The van der Waals surface area contributed by atoms with Gasteiger partial charge in [0.05, 0.1) is 20.3 Å². The van der Waals surface area contributed by atoms with Gasteiger partial charge in [0.2, 0.25) is 11.8 Å². The normalized spacial score (nSPS) is 26.9. The summed E-state index contributed by atoms with van der Waals surface area (Å²) in [6, 6.07) is 3.53. The SMILES string of the molecule is COc1ccc(OCC(=O)N2CC3C([C@@H]2C(=O)N[C@H](C=O)C[C@@H]2CCNC2=O)C3(C)C)cc1OC. The summed E-state index contributed by atoms with van der Waals surface area (Å²) in [7, 11) is 3.05. The van der Waals surface area contributed by atoms with Gasteiger partial charge in [-0.05, 0) is 42.2 Å². The van der Waals surface area contributed by atoms with E-state index < -0.39 is 12.1 Å². The number of hydrogen-bond acceptors (Lipinski definition) is 7.